The number of rotatable bonds is 4. The summed E-state index contributed by atoms with van der Waals surface area (Å²) in [6.07, 6.45) is 1.92. The lowest BCUT2D eigenvalue weighted by atomic mass is 10.3. The molecule has 0 rings (SSSR count). The number of aliphatic imine (C=N–C) groups is 1. The Hall–Kier alpha value is -1.32. The Labute approximate surface area is 92.2 Å². The third-order valence-electron chi connectivity index (χ3n) is 1.28. The first-order valence-corrected chi connectivity index (χ1v) is 5.21. The summed E-state index contributed by atoms with van der Waals surface area (Å²) in [5, 5.41) is 0. The number of carbonyl (C=O) groups is 1. The molecule has 0 unspecified atom stereocenters. The molecule has 0 radical (unpaired) electrons. The van der Waals surface area contributed by atoms with Crippen molar-refractivity contribution in [2.75, 3.05) is 6.61 Å². The summed E-state index contributed by atoms with van der Waals surface area (Å²) in [6.45, 7) is 9.64. The lowest BCUT2D eigenvalue weighted by molar-refractivity contribution is -0.142. The van der Waals surface area contributed by atoms with Gasteiger partial charge in [0.1, 0.15) is 0 Å². The lowest BCUT2D eigenvalue weighted by Crippen LogP contribution is -2.08. The van der Waals surface area contributed by atoms with Crippen molar-refractivity contribution >= 4 is 11.8 Å². The van der Waals surface area contributed by atoms with Gasteiger partial charge < -0.3 is 10.5 Å². The molecule has 0 saturated heterocycles. The van der Waals surface area contributed by atoms with E-state index in [0.29, 0.717) is 18.1 Å². The standard InChI is InChI=1S/C9H16N2O2.C2H6/c1-4-8(11-7(3)10)6-9(12)13-5-2;1-2/h4H,5-6H2,1-3H3,(H2,10,11);1-2H3/b8-4-;. The van der Waals surface area contributed by atoms with E-state index < -0.39 is 0 Å². The molecule has 0 heterocycles. The zero-order valence-electron chi connectivity index (χ0n) is 10.3. The highest BCUT2D eigenvalue weighted by Gasteiger charge is 2.04. The van der Waals surface area contributed by atoms with E-state index in [1.807, 2.05) is 13.8 Å². The van der Waals surface area contributed by atoms with Crippen molar-refractivity contribution in [3.63, 3.8) is 0 Å². The minimum Gasteiger partial charge on any atom is -0.466 e. The summed E-state index contributed by atoms with van der Waals surface area (Å²) in [5.74, 6) is 0.165. The molecule has 0 fully saturated rings. The van der Waals surface area contributed by atoms with Crippen molar-refractivity contribution in [3.8, 4) is 0 Å². The van der Waals surface area contributed by atoms with Gasteiger partial charge in [-0.3, -0.25) is 4.79 Å². The van der Waals surface area contributed by atoms with Crippen LogP contribution in [0.3, 0.4) is 0 Å². The fraction of sp³-hybridized carbons (Fsp3) is 0.636. The maximum Gasteiger partial charge on any atom is 0.311 e. The molecule has 0 atom stereocenters. The third kappa shape index (κ3) is 10.6. The van der Waals surface area contributed by atoms with E-state index in [1.54, 1.807) is 26.8 Å². The zero-order valence-corrected chi connectivity index (χ0v) is 10.3. The van der Waals surface area contributed by atoms with Gasteiger partial charge in [-0.05, 0) is 20.8 Å². The Morgan fingerprint density at radius 3 is 2.33 bits per heavy atom. The van der Waals surface area contributed by atoms with Gasteiger partial charge in [-0.15, -0.1) is 0 Å². The Bertz CT molecular complexity index is 229. The van der Waals surface area contributed by atoms with Crippen molar-refractivity contribution in [2.24, 2.45) is 10.7 Å². The van der Waals surface area contributed by atoms with E-state index in [0.717, 1.165) is 0 Å². The fourth-order valence-electron chi connectivity index (χ4n) is 0.793. The number of hydrogen-bond donors (Lipinski definition) is 1. The zero-order chi connectivity index (χ0) is 12.3. The molecule has 0 aromatic heterocycles. The first-order valence-electron chi connectivity index (χ1n) is 5.21. The molecule has 4 heteroatoms. The van der Waals surface area contributed by atoms with E-state index in [1.165, 1.54) is 0 Å². The van der Waals surface area contributed by atoms with Crippen molar-refractivity contribution in [1.29, 1.82) is 0 Å². The quantitative estimate of drug-likeness (QED) is 0.443. The van der Waals surface area contributed by atoms with Gasteiger partial charge in [-0.1, -0.05) is 19.9 Å². The van der Waals surface area contributed by atoms with Crippen molar-refractivity contribution in [3.05, 3.63) is 11.8 Å². The van der Waals surface area contributed by atoms with Gasteiger partial charge in [0.25, 0.3) is 0 Å². The molecule has 0 aromatic carbocycles. The van der Waals surface area contributed by atoms with Crippen LogP contribution in [0.5, 0.6) is 0 Å². The van der Waals surface area contributed by atoms with Crippen LogP contribution in [0.2, 0.25) is 0 Å². The Morgan fingerprint density at radius 1 is 1.47 bits per heavy atom. The molecule has 4 nitrogen and oxygen atoms in total. The first-order chi connectivity index (χ1) is 7.10. The van der Waals surface area contributed by atoms with Crippen molar-refractivity contribution in [1.82, 2.24) is 0 Å². The second-order valence-electron chi connectivity index (χ2n) is 2.51. The molecule has 88 valence electrons. The molecule has 0 aromatic rings. The van der Waals surface area contributed by atoms with E-state index in [9.17, 15) is 4.79 Å². The van der Waals surface area contributed by atoms with Gasteiger partial charge in [0.15, 0.2) is 0 Å². The molecule has 0 bridgehead atoms. The normalized spacial score (nSPS) is 11.5. The molecule has 0 aliphatic heterocycles. The van der Waals surface area contributed by atoms with Gasteiger partial charge in [0.05, 0.1) is 18.9 Å². The molecular formula is C11H22N2O2. The molecule has 0 aliphatic rings. The summed E-state index contributed by atoms with van der Waals surface area (Å²) in [5.41, 5.74) is 6.01. The molecular weight excluding hydrogens is 192 g/mol. The summed E-state index contributed by atoms with van der Waals surface area (Å²) < 4.78 is 4.77. The van der Waals surface area contributed by atoms with Crippen LogP contribution in [0.25, 0.3) is 0 Å². The second kappa shape index (κ2) is 10.8. The van der Waals surface area contributed by atoms with E-state index in [-0.39, 0.29) is 12.4 Å². The molecule has 2 N–H and O–H groups in total. The maximum atomic E-state index is 11.0. The monoisotopic (exact) mass is 214 g/mol. The summed E-state index contributed by atoms with van der Waals surface area (Å²) >= 11 is 0. The van der Waals surface area contributed by atoms with Gasteiger partial charge in [0.2, 0.25) is 0 Å². The number of ether oxygens (including phenoxy) is 1. The van der Waals surface area contributed by atoms with Crippen LogP contribution in [0.4, 0.5) is 0 Å². The van der Waals surface area contributed by atoms with Gasteiger partial charge in [-0.25, -0.2) is 4.99 Å². The molecule has 0 aliphatic carbocycles. The van der Waals surface area contributed by atoms with Crippen LogP contribution in [0.15, 0.2) is 16.8 Å². The number of hydrogen-bond acceptors (Lipinski definition) is 3. The second-order valence-corrected chi connectivity index (χ2v) is 2.51. The number of amidine groups is 1. The molecule has 15 heavy (non-hydrogen) atoms. The Morgan fingerprint density at radius 2 is 2.00 bits per heavy atom. The first kappa shape index (κ1) is 16.1. The summed E-state index contributed by atoms with van der Waals surface area (Å²) in [6, 6.07) is 0. The summed E-state index contributed by atoms with van der Waals surface area (Å²) in [4.78, 5) is 15.0. The number of esters is 1. The van der Waals surface area contributed by atoms with Crippen LogP contribution in [0, 0.1) is 0 Å². The highest BCUT2D eigenvalue weighted by molar-refractivity contribution is 5.80. The topological polar surface area (TPSA) is 64.7 Å². The number of nitrogens with zero attached hydrogens (tertiary/aromatic N) is 1. The summed E-state index contributed by atoms with van der Waals surface area (Å²) in [7, 11) is 0. The molecule has 0 saturated carbocycles. The van der Waals surface area contributed by atoms with Crippen LogP contribution in [-0.4, -0.2) is 18.4 Å². The van der Waals surface area contributed by atoms with Crippen LogP contribution in [0.1, 0.15) is 41.0 Å². The Kier molecular flexibility index (Phi) is 11.6. The van der Waals surface area contributed by atoms with Crippen LogP contribution >= 0.6 is 0 Å². The predicted molar refractivity (Wildman–Crippen MR) is 63.7 cm³/mol. The Balaban J connectivity index is 0. The van der Waals surface area contributed by atoms with Crippen molar-refractivity contribution in [2.45, 2.75) is 41.0 Å². The molecule has 0 amide bonds. The average molecular weight is 214 g/mol. The minimum atomic E-state index is -0.277. The fourth-order valence-corrected chi connectivity index (χ4v) is 0.793. The largest absolute Gasteiger partial charge is 0.466 e. The van der Waals surface area contributed by atoms with Gasteiger partial charge in [0, 0.05) is 5.70 Å². The third-order valence-corrected chi connectivity index (χ3v) is 1.28. The number of nitrogens with two attached hydrogens (primary N) is 1. The van der Waals surface area contributed by atoms with Crippen molar-refractivity contribution < 1.29 is 9.53 Å². The highest BCUT2D eigenvalue weighted by atomic mass is 16.5. The SMILES string of the molecule is C/C=C(/CC(=O)OCC)N=C(C)N.CC. The lowest BCUT2D eigenvalue weighted by Gasteiger charge is -2.02. The predicted octanol–water partition coefficient (Wildman–Crippen LogP) is 2.25. The van der Waals surface area contributed by atoms with Crippen LogP contribution in [-0.2, 0) is 9.53 Å². The van der Waals surface area contributed by atoms with E-state index in [2.05, 4.69) is 4.99 Å². The van der Waals surface area contributed by atoms with Crippen LogP contribution < -0.4 is 5.73 Å². The number of carbonyl (C=O) groups excluding carboxylic acids is 1. The minimum absolute atomic E-state index is 0.179. The smallest absolute Gasteiger partial charge is 0.311 e. The van der Waals surface area contributed by atoms with Gasteiger partial charge >= 0.3 is 5.97 Å². The maximum absolute atomic E-state index is 11.0. The van der Waals surface area contributed by atoms with Gasteiger partial charge in [-0.2, -0.15) is 0 Å². The van der Waals surface area contributed by atoms with E-state index >= 15 is 0 Å². The van der Waals surface area contributed by atoms with E-state index in [4.69, 9.17) is 10.5 Å². The molecule has 0 spiro atoms. The number of allylic oxidation sites excluding steroid dienone is 1. The highest BCUT2D eigenvalue weighted by Crippen LogP contribution is 2.04. The average Bonchev–Trinajstić information content (AvgIpc) is 2.19.